The van der Waals surface area contributed by atoms with Gasteiger partial charge in [0.2, 0.25) is 11.8 Å². The Kier molecular flexibility index (Phi) is 6.59. The van der Waals surface area contributed by atoms with E-state index in [1.54, 1.807) is 19.1 Å². The molecule has 0 aliphatic rings. The molecule has 0 spiro atoms. The second-order valence-corrected chi connectivity index (χ2v) is 5.78. The molecule has 144 valence electrons. The number of esters is 1. The predicted molar refractivity (Wildman–Crippen MR) is 97.8 cm³/mol. The molecule has 1 aromatic heterocycles. The minimum absolute atomic E-state index is 0.0145. The summed E-state index contributed by atoms with van der Waals surface area (Å²) in [6.45, 7) is 5.33. The molecule has 0 saturated carbocycles. The summed E-state index contributed by atoms with van der Waals surface area (Å²) in [5, 5.41) is 2.45. The van der Waals surface area contributed by atoms with E-state index in [4.69, 9.17) is 19.6 Å². The number of hydrogen-bond donors (Lipinski definition) is 2. The summed E-state index contributed by atoms with van der Waals surface area (Å²) >= 11 is 0. The number of nitrogens with one attached hydrogen (secondary N) is 1. The van der Waals surface area contributed by atoms with Crippen LogP contribution in [0.4, 0.5) is 5.88 Å². The van der Waals surface area contributed by atoms with E-state index in [2.05, 4.69) is 5.32 Å². The summed E-state index contributed by atoms with van der Waals surface area (Å²) in [5.74, 6) is -1.49. The van der Waals surface area contributed by atoms with Gasteiger partial charge in [-0.25, -0.2) is 4.79 Å². The number of amides is 2. The van der Waals surface area contributed by atoms with Crippen LogP contribution < -0.4 is 15.8 Å². The van der Waals surface area contributed by atoms with E-state index in [0.717, 1.165) is 5.56 Å². The average molecular weight is 374 g/mol. The topological polar surface area (TPSA) is 121 Å². The SMILES string of the molecule is CCOC(=O)c1c(C)oc(NC(=O)CCOc2ccc(C)cc2)c1C(N)=O. The summed E-state index contributed by atoms with van der Waals surface area (Å²) < 4.78 is 15.7. The Balaban J connectivity index is 2.04. The summed E-state index contributed by atoms with van der Waals surface area (Å²) in [4.78, 5) is 35.9. The third-order valence-electron chi connectivity index (χ3n) is 3.68. The molecule has 27 heavy (non-hydrogen) atoms. The van der Waals surface area contributed by atoms with Gasteiger partial charge in [-0.3, -0.25) is 14.9 Å². The molecule has 2 amide bonds. The lowest BCUT2D eigenvalue weighted by atomic mass is 10.1. The lowest BCUT2D eigenvalue weighted by Crippen LogP contribution is -2.21. The molecule has 0 unspecified atom stereocenters. The van der Waals surface area contributed by atoms with Gasteiger partial charge < -0.3 is 19.6 Å². The van der Waals surface area contributed by atoms with Crippen molar-refractivity contribution in [1.82, 2.24) is 0 Å². The van der Waals surface area contributed by atoms with Crippen LogP contribution in [0.1, 0.15) is 45.4 Å². The zero-order valence-electron chi connectivity index (χ0n) is 15.5. The number of anilines is 1. The first-order chi connectivity index (χ1) is 12.8. The fourth-order valence-electron chi connectivity index (χ4n) is 2.40. The molecule has 0 aliphatic carbocycles. The normalized spacial score (nSPS) is 10.3. The molecule has 0 fully saturated rings. The molecule has 0 bridgehead atoms. The molecule has 3 N–H and O–H groups in total. The van der Waals surface area contributed by atoms with E-state index < -0.39 is 17.8 Å². The highest BCUT2D eigenvalue weighted by Crippen LogP contribution is 2.27. The van der Waals surface area contributed by atoms with E-state index in [1.165, 1.54) is 6.92 Å². The van der Waals surface area contributed by atoms with Crippen molar-refractivity contribution in [3.63, 3.8) is 0 Å². The smallest absolute Gasteiger partial charge is 0.342 e. The third kappa shape index (κ3) is 5.10. The molecule has 8 heteroatoms. The van der Waals surface area contributed by atoms with Crippen LogP contribution >= 0.6 is 0 Å². The maximum Gasteiger partial charge on any atom is 0.342 e. The van der Waals surface area contributed by atoms with Gasteiger partial charge in [0, 0.05) is 0 Å². The zero-order valence-corrected chi connectivity index (χ0v) is 15.5. The number of ether oxygens (including phenoxy) is 2. The Morgan fingerprint density at radius 3 is 2.37 bits per heavy atom. The number of hydrogen-bond acceptors (Lipinski definition) is 6. The largest absolute Gasteiger partial charge is 0.493 e. The zero-order chi connectivity index (χ0) is 20.0. The van der Waals surface area contributed by atoms with Crippen LogP contribution in [0.5, 0.6) is 5.75 Å². The van der Waals surface area contributed by atoms with Crippen molar-refractivity contribution in [2.75, 3.05) is 18.5 Å². The first-order valence-corrected chi connectivity index (χ1v) is 8.43. The third-order valence-corrected chi connectivity index (χ3v) is 3.68. The average Bonchev–Trinajstić information content (AvgIpc) is 2.93. The van der Waals surface area contributed by atoms with Crippen LogP contribution in [0.3, 0.4) is 0 Å². The number of carbonyl (C=O) groups is 3. The second kappa shape index (κ2) is 8.88. The first-order valence-electron chi connectivity index (χ1n) is 8.43. The lowest BCUT2D eigenvalue weighted by molar-refractivity contribution is -0.116. The summed E-state index contributed by atoms with van der Waals surface area (Å²) in [6.07, 6.45) is 0.0145. The van der Waals surface area contributed by atoms with Crippen LogP contribution in [0.15, 0.2) is 28.7 Å². The maximum atomic E-state index is 12.1. The van der Waals surface area contributed by atoms with E-state index in [1.807, 2.05) is 19.1 Å². The van der Waals surface area contributed by atoms with E-state index in [-0.39, 0.29) is 42.4 Å². The molecular weight excluding hydrogens is 352 g/mol. The van der Waals surface area contributed by atoms with Crippen LogP contribution in [-0.4, -0.2) is 31.0 Å². The van der Waals surface area contributed by atoms with Crippen LogP contribution in [-0.2, 0) is 9.53 Å². The molecule has 0 saturated heterocycles. The number of nitrogens with two attached hydrogens (primary N) is 1. The maximum absolute atomic E-state index is 12.1. The Hall–Kier alpha value is -3.29. The number of benzene rings is 1. The Morgan fingerprint density at radius 2 is 1.78 bits per heavy atom. The molecule has 2 aromatic rings. The van der Waals surface area contributed by atoms with Gasteiger partial charge in [0.1, 0.15) is 22.6 Å². The summed E-state index contributed by atoms with van der Waals surface area (Å²) in [6, 6.07) is 7.41. The quantitative estimate of drug-likeness (QED) is 0.685. The summed E-state index contributed by atoms with van der Waals surface area (Å²) in [7, 11) is 0. The Bertz CT molecular complexity index is 839. The predicted octanol–water partition coefficient (Wildman–Crippen LogP) is 2.58. The number of primary amides is 1. The van der Waals surface area contributed by atoms with Crippen molar-refractivity contribution in [2.45, 2.75) is 27.2 Å². The van der Waals surface area contributed by atoms with Gasteiger partial charge in [-0.1, -0.05) is 17.7 Å². The Morgan fingerprint density at radius 1 is 1.11 bits per heavy atom. The molecule has 0 radical (unpaired) electrons. The van der Waals surface area contributed by atoms with E-state index in [0.29, 0.717) is 5.75 Å². The monoisotopic (exact) mass is 374 g/mol. The van der Waals surface area contributed by atoms with Gasteiger partial charge in [0.05, 0.1) is 19.6 Å². The van der Waals surface area contributed by atoms with Crippen molar-refractivity contribution in [1.29, 1.82) is 0 Å². The fraction of sp³-hybridized carbons (Fsp3) is 0.316. The van der Waals surface area contributed by atoms with Gasteiger partial charge in [-0.2, -0.15) is 0 Å². The number of rotatable bonds is 8. The molecule has 1 heterocycles. The molecule has 8 nitrogen and oxygen atoms in total. The van der Waals surface area contributed by atoms with Gasteiger partial charge in [0.15, 0.2) is 0 Å². The van der Waals surface area contributed by atoms with E-state index >= 15 is 0 Å². The van der Waals surface area contributed by atoms with Gasteiger partial charge in [-0.05, 0) is 32.9 Å². The summed E-state index contributed by atoms with van der Waals surface area (Å²) in [5.41, 5.74) is 6.15. The highest BCUT2D eigenvalue weighted by atomic mass is 16.5. The van der Waals surface area contributed by atoms with Crippen molar-refractivity contribution in [2.24, 2.45) is 5.73 Å². The van der Waals surface area contributed by atoms with Crippen molar-refractivity contribution in [3.05, 3.63) is 46.7 Å². The van der Waals surface area contributed by atoms with Crippen molar-refractivity contribution < 1.29 is 28.3 Å². The standard InChI is InChI=1S/C19H22N2O6/c1-4-25-19(24)15-12(3)27-18(16(15)17(20)23)21-14(22)9-10-26-13-7-5-11(2)6-8-13/h5-8H,4,9-10H2,1-3H3,(H2,20,23)(H,21,22). The number of carbonyl (C=O) groups excluding carboxylic acids is 3. The molecular formula is C19H22N2O6. The minimum atomic E-state index is -0.902. The lowest BCUT2D eigenvalue weighted by Gasteiger charge is -2.07. The van der Waals surface area contributed by atoms with Gasteiger partial charge in [-0.15, -0.1) is 0 Å². The number of aryl methyl sites for hydroxylation is 2. The fourth-order valence-corrected chi connectivity index (χ4v) is 2.40. The first kappa shape index (κ1) is 20.0. The van der Waals surface area contributed by atoms with E-state index in [9.17, 15) is 14.4 Å². The van der Waals surface area contributed by atoms with Gasteiger partial charge >= 0.3 is 5.97 Å². The van der Waals surface area contributed by atoms with Crippen LogP contribution in [0, 0.1) is 13.8 Å². The number of furan rings is 1. The second-order valence-electron chi connectivity index (χ2n) is 5.78. The van der Waals surface area contributed by atoms with Crippen molar-refractivity contribution in [3.8, 4) is 5.75 Å². The Labute approximate surface area is 156 Å². The highest BCUT2D eigenvalue weighted by Gasteiger charge is 2.29. The molecule has 0 atom stereocenters. The molecule has 0 aliphatic heterocycles. The van der Waals surface area contributed by atoms with Gasteiger partial charge in [0.25, 0.3) is 5.91 Å². The molecule has 2 rings (SSSR count). The molecule has 1 aromatic carbocycles. The minimum Gasteiger partial charge on any atom is -0.493 e. The van der Waals surface area contributed by atoms with Crippen molar-refractivity contribution >= 4 is 23.7 Å². The van der Waals surface area contributed by atoms with Crippen LogP contribution in [0.2, 0.25) is 0 Å². The van der Waals surface area contributed by atoms with Crippen LogP contribution in [0.25, 0.3) is 0 Å². The highest BCUT2D eigenvalue weighted by molar-refractivity contribution is 6.10.